The third-order valence-electron chi connectivity index (χ3n) is 4.08. The van der Waals surface area contributed by atoms with Crippen LogP contribution in [0.3, 0.4) is 0 Å². The zero-order valence-electron chi connectivity index (χ0n) is 12.7. The van der Waals surface area contributed by atoms with Gasteiger partial charge < -0.3 is 4.98 Å². The van der Waals surface area contributed by atoms with Crippen LogP contribution in [0, 0.1) is 0 Å². The highest BCUT2D eigenvalue weighted by molar-refractivity contribution is 7.89. The quantitative estimate of drug-likeness (QED) is 0.869. The summed E-state index contributed by atoms with van der Waals surface area (Å²) in [6, 6.07) is 1.47. The fourth-order valence-electron chi connectivity index (χ4n) is 2.86. The van der Waals surface area contributed by atoms with Crippen LogP contribution >= 0.6 is 0 Å². The van der Waals surface area contributed by atoms with Crippen LogP contribution in [0.15, 0.2) is 29.7 Å². The molecule has 1 aliphatic heterocycles. The summed E-state index contributed by atoms with van der Waals surface area (Å²) in [6.45, 7) is 4.46. The summed E-state index contributed by atoms with van der Waals surface area (Å²) in [7, 11) is -1.90. The van der Waals surface area contributed by atoms with E-state index in [1.54, 1.807) is 19.4 Å². The molecular formula is C13H20N6O2S. The normalized spacial score (nSPS) is 21.3. The SMILES string of the molecule is CCN1CCN(S(=O)(=O)c2ccnn2C)C[C@H]1c1ncc[nH]1. The standard InChI is InChI=1S/C13H20N6O2S/c1-3-18-8-9-19(10-11(18)13-14-6-7-15-13)22(20,21)12-4-5-16-17(12)2/h4-7,11H,3,8-10H2,1-2H3,(H,14,15)/t11-/m0/s1. The number of H-pyrrole nitrogens is 1. The van der Waals surface area contributed by atoms with Gasteiger partial charge in [-0.05, 0) is 12.6 Å². The maximum atomic E-state index is 12.8. The molecule has 0 aliphatic carbocycles. The van der Waals surface area contributed by atoms with Crippen LogP contribution < -0.4 is 0 Å². The van der Waals surface area contributed by atoms with Crippen molar-refractivity contribution in [1.82, 2.24) is 29.0 Å². The molecule has 3 heterocycles. The Kier molecular flexibility index (Phi) is 4.02. The largest absolute Gasteiger partial charge is 0.347 e. The summed E-state index contributed by atoms with van der Waals surface area (Å²) >= 11 is 0. The molecule has 1 N–H and O–H groups in total. The van der Waals surface area contributed by atoms with E-state index in [4.69, 9.17) is 0 Å². The lowest BCUT2D eigenvalue weighted by Crippen LogP contribution is -2.50. The van der Waals surface area contributed by atoms with Crippen molar-refractivity contribution in [2.75, 3.05) is 26.2 Å². The van der Waals surface area contributed by atoms with Crippen molar-refractivity contribution >= 4 is 10.0 Å². The lowest BCUT2D eigenvalue weighted by atomic mass is 10.2. The van der Waals surface area contributed by atoms with Gasteiger partial charge in [0.25, 0.3) is 10.0 Å². The van der Waals surface area contributed by atoms with Crippen molar-refractivity contribution in [3.63, 3.8) is 0 Å². The minimum absolute atomic E-state index is 0.0586. The van der Waals surface area contributed by atoms with Crippen LogP contribution in [-0.2, 0) is 17.1 Å². The van der Waals surface area contributed by atoms with Gasteiger partial charge in [0.05, 0.1) is 12.2 Å². The van der Waals surface area contributed by atoms with E-state index in [0.717, 1.165) is 12.4 Å². The van der Waals surface area contributed by atoms with Crippen molar-refractivity contribution in [1.29, 1.82) is 0 Å². The highest BCUT2D eigenvalue weighted by Gasteiger charge is 2.36. The molecule has 1 fully saturated rings. The molecule has 2 aromatic heterocycles. The average Bonchev–Trinajstić information content (AvgIpc) is 3.17. The Labute approximate surface area is 129 Å². The first-order valence-electron chi connectivity index (χ1n) is 7.25. The van der Waals surface area contributed by atoms with E-state index in [9.17, 15) is 8.42 Å². The van der Waals surface area contributed by atoms with Crippen LogP contribution in [0.1, 0.15) is 18.8 Å². The maximum Gasteiger partial charge on any atom is 0.260 e. The molecule has 120 valence electrons. The minimum atomic E-state index is -3.54. The van der Waals surface area contributed by atoms with E-state index in [2.05, 4.69) is 26.9 Å². The number of likely N-dealkylation sites (N-methyl/N-ethyl adjacent to an activating group) is 1. The monoisotopic (exact) mass is 324 g/mol. The molecule has 9 heteroatoms. The van der Waals surface area contributed by atoms with Gasteiger partial charge in [-0.1, -0.05) is 6.92 Å². The van der Waals surface area contributed by atoms with E-state index in [0.29, 0.717) is 19.6 Å². The molecule has 8 nitrogen and oxygen atoms in total. The van der Waals surface area contributed by atoms with Crippen LogP contribution in [0.25, 0.3) is 0 Å². The molecule has 0 aromatic carbocycles. The molecular weight excluding hydrogens is 304 g/mol. The summed E-state index contributed by atoms with van der Waals surface area (Å²) in [5, 5.41) is 4.18. The zero-order chi connectivity index (χ0) is 15.7. The average molecular weight is 324 g/mol. The number of aromatic nitrogens is 4. The van der Waals surface area contributed by atoms with E-state index in [1.165, 1.54) is 21.3 Å². The third-order valence-corrected chi connectivity index (χ3v) is 6.02. The molecule has 0 amide bonds. The first-order chi connectivity index (χ1) is 10.5. The number of sulfonamides is 1. The second kappa shape index (κ2) is 5.82. The van der Waals surface area contributed by atoms with E-state index in [1.807, 2.05) is 0 Å². The molecule has 0 saturated carbocycles. The summed E-state index contributed by atoms with van der Waals surface area (Å²) in [4.78, 5) is 9.63. The number of piperazine rings is 1. The number of rotatable bonds is 4. The van der Waals surface area contributed by atoms with Crippen LogP contribution in [0.4, 0.5) is 0 Å². The molecule has 22 heavy (non-hydrogen) atoms. The predicted molar refractivity (Wildman–Crippen MR) is 80.5 cm³/mol. The highest BCUT2D eigenvalue weighted by Crippen LogP contribution is 2.26. The molecule has 0 spiro atoms. The van der Waals surface area contributed by atoms with Crippen LogP contribution in [-0.4, -0.2) is 63.6 Å². The van der Waals surface area contributed by atoms with Gasteiger partial charge in [0.2, 0.25) is 0 Å². The first kappa shape index (κ1) is 15.2. The van der Waals surface area contributed by atoms with Gasteiger partial charge in [-0.3, -0.25) is 9.58 Å². The Morgan fingerprint density at radius 3 is 2.77 bits per heavy atom. The highest BCUT2D eigenvalue weighted by atomic mass is 32.2. The lowest BCUT2D eigenvalue weighted by Gasteiger charge is -2.39. The number of aryl methyl sites for hydroxylation is 1. The second-order valence-electron chi connectivity index (χ2n) is 5.27. The number of hydrogen-bond donors (Lipinski definition) is 1. The number of aromatic amines is 1. The van der Waals surface area contributed by atoms with Crippen molar-refractivity contribution in [2.45, 2.75) is 18.0 Å². The molecule has 1 aliphatic rings. The van der Waals surface area contributed by atoms with Gasteiger partial charge >= 0.3 is 0 Å². The van der Waals surface area contributed by atoms with Gasteiger partial charge in [0.15, 0.2) is 5.03 Å². The Bertz CT molecular complexity index is 724. The molecule has 1 saturated heterocycles. The van der Waals surface area contributed by atoms with Crippen molar-refractivity contribution in [3.05, 3.63) is 30.5 Å². The molecule has 0 unspecified atom stereocenters. The predicted octanol–water partition coefficient (Wildman–Crippen LogP) is 0.211. The number of nitrogens with zero attached hydrogens (tertiary/aromatic N) is 5. The summed E-state index contributed by atoms with van der Waals surface area (Å²) in [5.74, 6) is 0.798. The van der Waals surface area contributed by atoms with E-state index >= 15 is 0 Å². The number of nitrogens with one attached hydrogen (secondary N) is 1. The van der Waals surface area contributed by atoms with Gasteiger partial charge in [0, 0.05) is 39.1 Å². The Morgan fingerprint density at radius 1 is 1.36 bits per heavy atom. The molecule has 0 bridgehead atoms. The van der Waals surface area contributed by atoms with Gasteiger partial charge in [-0.2, -0.15) is 9.40 Å². The maximum absolute atomic E-state index is 12.8. The van der Waals surface area contributed by atoms with E-state index in [-0.39, 0.29) is 11.1 Å². The molecule has 1 atom stereocenters. The second-order valence-corrected chi connectivity index (χ2v) is 7.16. The smallest absolute Gasteiger partial charge is 0.260 e. The van der Waals surface area contributed by atoms with Crippen molar-refractivity contribution in [2.24, 2.45) is 7.05 Å². The van der Waals surface area contributed by atoms with E-state index < -0.39 is 10.0 Å². The van der Waals surface area contributed by atoms with Crippen LogP contribution in [0.2, 0.25) is 0 Å². The molecule has 2 aromatic rings. The Morgan fingerprint density at radius 2 is 2.18 bits per heavy atom. The lowest BCUT2D eigenvalue weighted by molar-refractivity contribution is 0.119. The summed E-state index contributed by atoms with van der Waals surface area (Å²) < 4.78 is 28.5. The van der Waals surface area contributed by atoms with Gasteiger partial charge in [0.1, 0.15) is 5.82 Å². The fraction of sp³-hybridized carbons (Fsp3) is 0.538. The van der Waals surface area contributed by atoms with Gasteiger partial charge in [-0.15, -0.1) is 0 Å². The fourth-order valence-corrected chi connectivity index (χ4v) is 4.40. The van der Waals surface area contributed by atoms with Crippen molar-refractivity contribution in [3.8, 4) is 0 Å². The first-order valence-corrected chi connectivity index (χ1v) is 8.69. The molecule has 3 rings (SSSR count). The minimum Gasteiger partial charge on any atom is -0.347 e. The van der Waals surface area contributed by atoms with Gasteiger partial charge in [-0.25, -0.2) is 13.4 Å². The topological polar surface area (TPSA) is 87.1 Å². The van der Waals surface area contributed by atoms with Crippen molar-refractivity contribution < 1.29 is 8.42 Å². The zero-order valence-corrected chi connectivity index (χ0v) is 13.5. The number of hydrogen-bond acceptors (Lipinski definition) is 5. The summed E-state index contributed by atoms with van der Waals surface area (Å²) in [6.07, 6.45) is 4.95. The Hall–Kier alpha value is -1.71. The van der Waals surface area contributed by atoms with Crippen LogP contribution in [0.5, 0.6) is 0 Å². The number of imidazole rings is 1. The summed E-state index contributed by atoms with van der Waals surface area (Å²) in [5.41, 5.74) is 0. The third kappa shape index (κ3) is 2.55. The molecule has 0 radical (unpaired) electrons. The Balaban J connectivity index is 1.89.